The molecule has 0 spiro atoms. The Hall–Kier alpha value is -3.52. The van der Waals surface area contributed by atoms with Crippen LogP contribution in [0.5, 0.6) is 11.5 Å². The van der Waals surface area contributed by atoms with Gasteiger partial charge in [0, 0.05) is 7.05 Å². The van der Waals surface area contributed by atoms with Crippen LogP contribution < -0.4 is 19.1 Å². The first-order valence-electron chi connectivity index (χ1n) is 9.76. The Morgan fingerprint density at radius 3 is 2.39 bits per heavy atom. The molecule has 1 heterocycles. The van der Waals surface area contributed by atoms with Crippen LogP contribution in [0.3, 0.4) is 0 Å². The number of nitrogens with zero attached hydrogens (tertiary/aromatic N) is 1. The maximum Gasteiger partial charge on any atom is 0.264 e. The predicted octanol–water partition coefficient (Wildman–Crippen LogP) is 3.08. The van der Waals surface area contributed by atoms with Crippen LogP contribution in [-0.4, -0.2) is 40.6 Å². The number of para-hydroxylation sites is 3. The van der Waals surface area contributed by atoms with E-state index >= 15 is 0 Å². The topological polar surface area (TPSA) is 84.9 Å². The Bertz CT molecular complexity index is 1180. The van der Waals surface area contributed by atoms with Crippen LogP contribution in [0.1, 0.15) is 10.4 Å². The molecule has 0 unspecified atom stereocenters. The summed E-state index contributed by atoms with van der Waals surface area (Å²) in [6, 6.07) is 22.2. The molecule has 160 valence electrons. The van der Waals surface area contributed by atoms with E-state index in [0.29, 0.717) is 17.2 Å². The highest BCUT2D eigenvalue weighted by molar-refractivity contribution is 7.92. The molecule has 0 radical (unpaired) electrons. The number of nitrogens with one attached hydrogen (secondary N) is 1. The van der Waals surface area contributed by atoms with Gasteiger partial charge in [-0.1, -0.05) is 42.5 Å². The van der Waals surface area contributed by atoms with Crippen molar-refractivity contribution in [3.05, 3.63) is 84.4 Å². The van der Waals surface area contributed by atoms with Gasteiger partial charge in [0.1, 0.15) is 17.6 Å². The second-order valence-corrected chi connectivity index (χ2v) is 8.95. The average Bonchev–Trinajstić information content (AvgIpc) is 2.82. The number of carbonyl (C=O) groups is 1. The molecule has 1 N–H and O–H groups in total. The average molecular weight is 439 g/mol. The summed E-state index contributed by atoms with van der Waals surface area (Å²) < 4.78 is 39.1. The van der Waals surface area contributed by atoms with Crippen molar-refractivity contribution in [2.24, 2.45) is 0 Å². The van der Waals surface area contributed by atoms with Crippen molar-refractivity contribution in [3.8, 4) is 11.5 Å². The highest BCUT2D eigenvalue weighted by Gasteiger charge is 2.27. The molecule has 0 fully saturated rings. The number of ether oxygens (including phenoxy) is 2. The van der Waals surface area contributed by atoms with Crippen molar-refractivity contribution < 1.29 is 22.7 Å². The summed E-state index contributed by atoms with van der Waals surface area (Å²) in [5.41, 5.74) is 0.575. The molecular weight excluding hydrogens is 416 g/mol. The normalized spacial score (nSPS) is 15.2. The minimum atomic E-state index is -3.93. The van der Waals surface area contributed by atoms with Gasteiger partial charge in [-0.3, -0.25) is 9.10 Å². The molecule has 8 heteroatoms. The maximum atomic E-state index is 13.2. The van der Waals surface area contributed by atoms with E-state index in [-0.39, 0.29) is 29.7 Å². The smallest absolute Gasteiger partial charge is 0.264 e. The van der Waals surface area contributed by atoms with Crippen LogP contribution in [0.4, 0.5) is 5.69 Å². The van der Waals surface area contributed by atoms with Crippen LogP contribution in [0, 0.1) is 0 Å². The number of anilines is 1. The van der Waals surface area contributed by atoms with Gasteiger partial charge in [0.25, 0.3) is 15.9 Å². The van der Waals surface area contributed by atoms with Crippen LogP contribution in [0.15, 0.2) is 83.8 Å². The number of rotatable bonds is 6. The number of hydrogen-bond donors (Lipinski definition) is 1. The Balaban J connectivity index is 1.50. The molecule has 7 nitrogen and oxygen atoms in total. The highest BCUT2D eigenvalue weighted by atomic mass is 32.2. The van der Waals surface area contributed by atoms with Gasteiger partial charge in [-0.2, -0.15) is 0 Å². The van der Waals surface area contributed by atoms with E-state index in [2.05, 4.69) is 5.32 Å². The van der Waals surface area contributed by atoms with Gasteiger partial charge in [-0.15, -0.1) is 0 Å². The van der Waals surface area contributed by atoms with Crippen molar-refractivity contribution in [1.82, 2.24) is 5.32 Å². The molecule has 0 bridgehead atoms. The molecular formula is C23H22N2O5S. The van der Waals surface area contributed by atoms with Crippen molar-refractivity contribution in [1.29, 1.82) is 0 Å². The molecule has 0 saturated heterocycles. The molecule has 0 saturated carbocycles. The third-order valence-corrected chi connectivity index (χ3v) is 6.79. The van der Waals surface area contributed by atoms with Gasteiger partial charge < -0.3 is 14.8 Å². The summed E-state index contributed by atoms with van der Waals surface area (Å²) in [6.45, 7) is 0.462. The van der Waals surface area contributed by atoms with E-state index in [1.165, 1.54) is 19.2 Å². The second kappa shape index (κ2) is 8.69. The fourth-order valence-corrected chi connectivity index (χ4v) is 4.65. The third kappa shape index (κ3) is 4.34. The zero-order valence-electron chi connectivity index (χ0n) is 16.9. The van der Waals surface area contributed by atoms with Gasteiger partial charge >= 0.3 is 0 Å². The molecule has 0 aliphatic carbocycles. The van der Waals surface area contributed by atoms with E-state index < -0.39 is 15.9 Å². The quantitative estimate of drug-likeness (QED) is 0.639. The number of fused-ring (bicyclic) bond motifs is 1. The fourth-order valence-electron chi connectivity index (χ4n) is 3.27. The number of benzene rings is 3. The Kier molecular flexibility index (Phi) is 5.81. The predicted molar refractivity (Wildman–Crippen MR) is 117 cm³/mol. The molecule has 0 aromatic heterocycles. The largest absolute Gasteiger partial charge is 0.486 e. The lowest BCUT2D eigenvalue weighted by Crippen LogP contribution is -2.41. The van der Waals surface area contributed by atoms with Crippen LogP contribution in [0.25, 0.3) is 0 Å². The van der Waals surface area contributed by atoms with E-state index in [1.807, 2.05) is 18.2 Å². The van der Waals surface area contributed by atoms with E-state index in [4.69, 9.17) is 9.47 Å². The van der Waals surface area contributed by atoms with Crippen molar-refractivity contribution in [2.75, 3.05) is 24.5 Å². The third-order valence-electron chi connectivity index (χ3n) is 4.95. The standard InChI is InChI=1S/C23H22N2O5S/c1-25(17-9-3-2-4-10-17)31(27,28)22-14-8-5-11-19(22)23(26)24-15-18-16-29-20-12-6-7-13-21(20)30-18/h2-14,18H,15-16H2,1H3,(H,24,26)/t18-/m0/s1. The van der Waals surface area contributed by atoms with Gasteiger partial charge in [0.15, 0.2) is 11.5 Å². The summed E-state index contributed by atoms with van der Waals surface area (Å²) in [4.78, 5) is 12.8. The Morgan fingerprint density at radius 1 is 0.968 bits per heavy atom. The summed E-state index contributed by atoms with van der Waals surface area (Å²) >= 11 is 0. The summed E-state index contributed by atoms with van der Waals surface area (Å²) in [7, 11) is -2.47. The van der Waals surface area contributed by atoms with Crippen LogP contribution in [-0.2, 0) is 10.0 Å². The molecule has 3 aromatic carbocycles. The van der Waals surface area contributed by atoms with Crippen molar-refractivity contribution in [3.63, 3.8) is 0 Å². The summed E-state index contributed by atoms with van der Waals surface area (Å²) in [6.07, 6.45) is -0.380. The number of carbonyl (C=O) groups excluding carboxylic acids is 1. The zero-order chi connectivity index (χ0) is 21.8. The Morgan fingerprint density at radius 2 is 1.61 bits per heavy atom. The lowest BCUT2D eigenvalue weighted by molar-refractivity contribution is 0.0787. The summed E-state index contributed by atoms with van der Waals surface area (Å²) in [5, 5.41) is 2.76. The minimum Gasteiger partial charge on any atom is -0.486 e. The molecule has 4 rings (SSSR count). The fraction of sp³-hybridized carbons (Fsp3) is 0.174. The first-order chi connectivity index (χ1) is 15.0. The zero-order valence-corrected chi connectivity index (χ0v) is 17.7. The second-order valence-electron chi connectivity index (χ2n) is 7.01. The van der Waals surface area contributed by atoms with Gasteiger partial charge in [-0.25, -0.2) is 8.42 Å². The minimum absolute atomic E-state index is 0.0648. The molecule has 31 heavy (non-hydrogen) atoms. The Labute approximate surface area is 181 Å². The lowest BCUT2D eigenvalue weighted by Gasteiger charge is -2.26. The SMILES string of the molecule is CN(c1ccccc1)S(=O)(=O)c1ccccc1C(=O)NC[C@H]1COc2ccccc2O1. The highest BCUT2D eigenvalue weighted by Crippen LogP contribution is 2.30. The van der Waals surface area contributed by atoms with Crippen molar-refractivity contribution >= 4 is 21.6 Å². The monoisotopic (exact) mass is 438 g/mol. The van der Waals surface area contributed by atoms with Crippen LogP contribution >= 0.6 is 0 Å². The maximum absolute atomic E-state index is 13.2. The van der Waals surface area contributed by atoms with Crippen LogP contribution in [0.2, 0.25) is 0 Å². The first-order valence-corrected chi connectivity index (χ1v) is 11.2. The number of sulfonamides is 1. The molecule has 1 aliphatic rings. The summed E-state index contributed by atoms with van der Waals surface area (Å²) in [5.74, 6) is 0.772. The molecule has 1 atom stereocenters. The van der Waals surface area contributed by atoms with Crippen molar-refractivity contribution in [2.45, 2.75) is 11.0 Å². The number of amides is 1. The van der Waals surface area contributed by atoms with Gasteiger partial charge in [-0.05, 0) is 36.4 Å². The van der Waals surface area contributed by atoms with Gasteiger partial charge in [0.2, 0.25) is 0 Å². The molecule has 1 aliphatic heterocycles. The number of hydrogen-bond acceptors (Lipinski definition) is 5. The van der Waals surface area contributed by atoms with E-state index in [9.17, 15) is 13.2 Å². The van der Waals surface area contributed by atoms with E-state index in [0.717, 1.165) is 4.31 Å². The van der Waals surface area contributed by atoms with E-state index in [1.54, 1.807) is 48.5 Å². The van der Waals surface area contributed by atoms with Gasteiger partial charge in [0.05, 0.1) is 17.8 Å². The first kappa shape index (κ1) is 20.7. The molecule has 3 aromatic rings. The lowest BCUT2D eigenvalue weighted by atomic mass is 10.2. The molecule has 1 amide bonds.